The second-order valence-corrected chi connectivity index (χ2v) is 11.8. The highest BCUT2D eigenvalue weighted by atomic mass is 16.3. The predicted octanol–water partition coefficient (Wildman–Crippen LogP) is 11.1. The first-order chi connectivity index (χ1) is 21.6. The molecular weight excluding hydrogens is 540 g/mol. The lowest BCUT2D eigenvalue weighted by molar-refractivity contribution is 0.668. The number of aryl methyl sites for hydroxylation is 2. The summed E-state index contributed by atoms with van der Waals surface area (Å²) in [5.74, 6) is 0. The van der Waals surface area contributed by atoms with Crippen molar-refractivity contribution in [3.05, 3.63) is 121 Å². The van der Waals surface area contributed by atoms with Crippen LogP contribution in [-0.4, -0.2) is 9.97 Å². The van der Waals surface area contributed by atoms with Gasteiger partial charge in [-0.25, -0.2) is 0 Å². The van der Waals surface area contributed by atoms with Crippen molar-refractivity contribution in [1.82, 2.24) is 9.97 Å². The number of benzene rings is 6. The summed E-state index contributed by atoms with van der Waals surface area (Å²) in [6, 6.07) is 38.3. The van der Waals surface area contributed by atoms with Crippen LogP contribution in [0.15, 0.2) is 118 Å². The summed E-state index contributed by atoms with van der Waals surface area (Å²) in [6.07, 6.45) is 0. The molecule has 0 saturated heterocycles. The van der Waals surface area contributed by atoms with Crippen LogP contribution in [0.2, 0.25) is 0 Å². The molecule has 4 nitrogen and oxygen atoms in total. The lowest BCUT2D eigenvalue weighted by atomic mass is 9.92. The molecule has 10 aromatic rings. The first-order valence-electron chi connectivity index (χ1n) is 14.9. The minimum absolute atomic E-state index is 0.898. The van der Waals surface area contributed by atoms with E-state index in [4.69, 9.17) is 18.8 Å². The minimum atomic E-state index is 0.898. The lowest BCUT2D eigenvalue weighted by Gasteiger charge is -2.16. The van der Waals surface area contributed by atoms with Crippen LogP contribution in [0.25, 0.3) is 98.7 Å². The van der Waals surface area contributed by atoms with Gasteiger partial charge in [0, 0.05) is 54.5 Å². The van der Waals surface area contributed by atoms with E-state index < -0.39 is 0 Å². The Morgan fingerprint density at radius 1 is 0.386 bits per heavy atom. The summed E-state index contributed by atoms with van der Waals surface area (Å²) < 4.78 is 12.2. The summed E-state index contributed by atoms with van der Waals surface area (Å²) in [4.78, 5) is 10.4. The first-order valence-corrected chi connectivity index (χ1v) is 14.9. The molecule has 0 spiro atoms. The number of nitrogens with zero attached hydrogens (tertiary/aromatic N) is 2. The second-order valence-electron chi connectivity index (χ2n) is 11.8. The van der Waals surface area contributed by atoms with Gasteiger partial charge in [-0.15, -0.1) is 0 Å². The third-order valence-electron chi connectivity index (χ3n) is 9.26. The molecule has 4 aromatic heterocycles. The van der Waals surface area contributed by atoms with Crippen molar-refractivity contribution in [3.63, 3.8) is 0 Å². The molecule has 0 saturated carbocycles. The topological polar surface area (TPSA) is 52.1 Å². The Kier molecular flexibility index (Phi) is 4.55. The maximum absolute atomic E-state index is 6.09. The largest absolute Gasteiger partial charge is 0.456 e. The summed E-state index contributed by atoms with van der Waals surface area (Å²) >= 11 is 0. The fraction of sp³-hybridized carbons (Fsp3) is 0.0500. The van der Waals surface area contributed by atoms with Crippen LogP contribution < -0.4 is 0 Å². The van der Waals surface area contributed by atoms with Crippen LogP contribution in [0.3, 0.4) is 0 Å². The molecule has 0 N–H and O–H groups in total. The number of rotatable bonds is 2. The van der Waals surface area contributed by atoms with Crippen molar-refractivity contribution in [2.45, 2.75) is 13.8 Å². The SMILES string of the molecule is Cc1nc2cc(-c3ccc4oc5ccccc5c4c3)cc3c(C)nc4cc(-c5ccc6oc7ccccc7c6c5)cc1c4c23. The lowest BCUT2D eigenvalue weighted by Crippen LogP contribution is -1.97. The smallest absolute Gasteiger partial charge is 0.135 e. The zero-order valence-electron chi connectivity index (χ0n) is 24.1. The van der Waals surface area contributed by atoms with Gasteiger partial charge >= 0.3 is 0 Å². The van der Waals surface area contributed by atoms with E-state index in [0.717, 1.165) is 99.3 Å². The van der Waals surface area contributed by atoms with E-state index in [1.165, 1.54) is 10.8 Å². The van der Waals surface area contributed by atoms with Crippen molar-refractivity contribution in [2.75, 3.05) is 0 Å². The number of furan rings is 2. The molecule has 4 heterocycles. The van der Waals surface area contributed by atoms with Crippen molar-refractivity contribution in [3.8, 4) is 22.3 Å². The van der Waals surface area contributed by atoms with Gasteiger partial charge in [-0.2, -0.15) is 0 Å². The molecule has 0 unspecified atom stereocenters. The van der Waals surface area contributed by atoms with Gasteiger partial charge in [0.05, 0.1) is 11.0 Å². The van der Waals surface area contributed by atoms with Crippen molar-refractivity contribution >= 4 is 76.5 Å². The van der Waals surface area contributed by atoms with Crippen LogP contribution >= 0.6 is 0 Å². The molecule has 0 aliphatic carbocycles. The maximum atomic E-state index is 6.09. The van der Waals surface area contributed by atoms with E-state index in [1.54, 1.807) is 0 Å². The molecule has 206 valence electrons. The zero-order chi connectivity index (χ0) is 29.1. The highest BCUT2D eigenvalue weighted by molar-refractivity contribution is 6.23. The van der Waals surface area contributed by atoms with E-state index in [0.29, 0.717) is 0 Å². The van der Waals surface area contributed by atoms with Gasteiger partial charge in [-0.1, -0.05) is 48.5 Å². The normalized spacial score (nSPS) is 12.3. The van der Waals surface area contributed by atoms with Gasteiger partial charge in [0.1, 0.15) is 22.3 Å². The summed E-state index contributed by atoms with van der Waals surface area (Å²) in [5.41, 5.74) is 12.1. The van der Waals surface area contributed by atoms with Crippen molar-refractivity contribution < 1.29 is 8.83 Å². The van der Waals surface area contributed by atoms with Gasteiger partial charge in [-0.3, -0.25) is 9.97 Å². The van der Waals surface area contributed by atoms with E-state index in [1.807, 2.05) is 24.3 Å². The molecule has 4 heteroatoms. The van der Waals surface area contributed by atoms with Crippen molar-refractivity contribution in [1.29, 1.82) is 0 Å². The fourth-order valence-electron chi connectivity index (χ4n) is 7.15. The molecule has 6 aromatic carbocycles. The van der Waals surface area contributed by atoms with Gasteiger partial charge in [0.25, 0.3) is 0 Å². The molecule has 44 heavy (non-hydrogen) atoms. The summed E-state index contributed by atoms with van der Waals surface area (Å²) in [6.45, 7) is 4.21. The Balaban J connectivity index is 1.19. The van der Waals surface area contributed by atoms with E-state index >= 15 is 0 Å². The molecule has 0 amide bonds. The van der Waals surface area contributed by atoms with Crippen LogP contribution in [0.4, 0.5) is 0 Å². The average molecular weight is 565 g/mol. The highest BCUT2D eigenvalue weighted by Gasteiger charge is 2.19. The number of aromatic nitrogens is 2. The van der Waals surface area contributed by atoms with Gasteiger partial charge in [0.2, 0.25) is 0 Å². The van der Waals surface area contributed by atoms with E-state index in [-0.39, 0.29) is 0 Å². The van der Waals surface area contributed by atoms with Crippen LogP contribution in [-0.2, 0) is 0 Å². The molecule has 0 aliphatic heterocycles. The Morgan fingerprint density at radius 3 is 1.27 bits per heavy atom. The van der Waals surface area contributed by atoms with Gasteiger partial charge in [0.15, 0.2) is 0 Å². The standard InChI is InChI=1S/C40H24N2O2/c1-21-29-17-25(23-11-13-37-31(15-23)27-7-3-5-9-35(27)43-37)20-34-39(29)40-30(22(2)42-34)18-26(19-33(40)41-21)24-12-14-38-32(16-24)28-8-4-6-10-36(28)44-38/h3-20H,1-2H3. The van der Waals surface area contributed by atoms with Crippen LogP contribution in [0, 0.1) is 13.8 Å². The molecular formula is C40H24N2O2. The summed E-state index contributed by atoms with van der Waals surface area (Å²) in [5, 5.41) is 9.13. The molecule has 0 radical (unpaired) electrons. The van der Waals surface area contributed by atoms with Gasteiger partial charge < -0.3 is 8.83 Å². The number of hydrogen-bond donors (Lipinski definition) is 0. The Labute approximate surface area is 251 Å². The Bertz CT molecular complexity index is 2610. The van der Waals surface area contributed by atoms with E-state index in [2.05, 4.69) is 98.8 Å². The predicted molar refractivity (Wildman–Crippen MR) is 181 cm³/mol. The minimum Gasteiger partial charge on any atom is -0.456 e. The Morgan fingerprint density at radius 2 is 0.795 bits per heavy atom. The van der Waals surface area contributed by atoms with Crippen molar-refractivity contribution in [2.24, 2.45) is 0 Å². The third kappa shape index (κ3) is 3.22. The molecule has 0 fully saturated rings. The molecule has 0 bridgehead atoms. The highest BCUT2D eigenvalue weighted by Crippen LogP contribution is 2.41. The number of hydrogen-bond acceptors (Lipinski definition) is 4. The monoisotopic (exact) mass is 564 g/mol. The zero-order valence-corrected chi connectivity index (χ0v) is 24.1. The number of para-hydroxylation sites is 2. The number of fused-ring (bicyclic) bond motifs is 6. The number of pyridine rings is 2. The molecule has 0 aliphatic rings. The second kappa shape index (κ2) is 8.42. The van der Waals surface area contributed by atoms with E-state index in [9.17, 15) is 0 Å². The quantitative estimate of drug-likeness (QED) is 0.196. The Hall–Kier alpha value is -5.74. The fourth-order valence-corrected chi connectivity index (χ4v) is 7.15. The van der Waals surface area contributed by atoms with Gasteiger partial charge in [-0.05, 0) is 96.8 Å². The van der Waals surface area contributed by atoms with Crippen LogP contribution in [0.5, 0.6) is 0 Å². The molecule has 10 rings (SSSR count). The molecule has 0 atom stereocenters. The van der Waals surface area contributed by atoms with Crippen LogP contribution in [0.1, 0.15) is 11.4 Å². The summed E-state index contributed by atoms with van der Waals surface area (Å²) in [7, 11) is 0. The average Bonchev–Trinajstić information content (AvgIpc) is 3.61. The third-order valence-corrected chi connectivity index (χ3v) is 9.26. The maximum Gasteiger partial charge on any atom is 0.135 e. The first kappa shape index (κ1) is 23.8.